The number of primary amides is 1. The summed E-state index contributed by atoms with van der Waals surface area (Å²) in [6.45, 7) is 24.6. The Morgan fingerprint density at radius 2 is 0.904 bits per heavy atom. The molecule has 0 bridgehead atoms. The first kappa shape index (κ1) is 55.8. The molecular formula is C54H67Cl2N11O6. The third-order valence-electron chi connectivity index (χ3n) is 12.7. The maximum atomic E-state index is 14.3. The molecule has 0 radical (unpaired) electrons. The van der Waals surface area contributed by atoms with Gasteiger partial charge in [0, 0.05) is 69.0 Å². The van der Waals surface area contributed by atoms with Gasteiger partial charge in [0.25, 0.3) is 23.6 Å². The molecule has 0 atom stereocenters. The number of methoxy groups -OCH3 is 1. The van der Waals surface area contributed by atoms with Gasteiger partial charge in [0.1, 0.15) is 0 Å². The summed E-state index contributed by atoms with van der Waals surface area (Å²) in [6.07, 6.45) is 0. The van der Waals surface area contributed by atoms with Crippen molar-refractivity contribution in [1.82, 2.24) is 29.7 Å². The van der Waals surface area contributed by atoms with Crippen molar-refractivity contribution in [3.63, 3.8) is 0 Å². The molecule has 388 valence electrons. The maximum Gasteiger partial charge on any atom is 0.360 e. The van der Waals surface area contributed by atoms with E-state index in [4.69, 9.17) is 38.7 Å². The van der Waals surface area contributed by atoms with Crippen molar-refractivity contribution < 1.29 is 28.7 Å². The molecular weight excluding hydrogens is 970 g/mol. The van der Waals surface area contributed by atoms with Crippen LogP contribution in [0.2, 0.25) is 10.3 Å². The van der Waals surface area contributed by atoms with Crippen LogP contribution in [-0.2, 0) is 21.0 Å². The second kappa shape index (κ2) is 22.7. The molecule has 0 aliphatic carbocycles. The van der Waals surface area contributed by atoms with Crippen molar-refractivity contribution in [1.29, 1.82) is 0 Å². The SMILES string of the molecule is CN1CCN(c2nc(NC(=O)c3ccc(C(C)(C)C)cc3)c(C(N)=O)nc2Cl)CC1.COC(=O)c1nc(Cl)c(N2CCN(C)CC2)nc1N(C(=O)c1ccc(C(C)(C)C)cc1)C(=O)c1ccc(C(C)(C)C)cc1. The molecule has 0 unspecified atom stereocenters. The lowest BCUT2D eigenvalue weighted by Gasteiger charge is -2.34. The zero-order chi connectivity index (χ0) is 53.7. The van der Waals surface area contributed by atoms with E-state index >= 15 is 0 Å². The predicted molar refractivity (Wildman–Crippen MR) is 288 cm³/mol. The first-order valence-corrected chi connectivity index (χ1v) is 24.9. The number of benzene rings is 3. The quantitative estimate of drug-likeness (QED) is 0.106. The van der Waals surface area contributed by atoms with Gasteiger partial charge in [0.05, 0.1) is 7.11 Å². The van der Waals surface area contributed by atoms with E-state index in [1.807, 2.05) is 60.3 Å². The molecule has 19 heteroatoms. The topological polar surface area (TPSA) is 200 Å². The van der Waals surface area contributed by atoms with Gasteiger partial charge in [-0.1, -0.05) is 122 Å². The predicted octanol–water partition coefficient (Wildman–Crippen LogP) is 8.28. The Bertz CT molecular complexity index is 2760. The molecule has 2 aromatic heterocycles. The van der Waals surface area contributed by atoms with Crippen molar-refractivity contribution in [3.8, 4) is 0 Å². The fourth-order valence-corrected chi connectivity index (χ4v) is 8.45. The van der Waals surface area contributed by atoms with Crippen LogP contribution in [0, 0.1) is 0 Å². The molecule has 2 aliphatic rings. The first-order chi connectivity index (χ1) is 34.2. The van der Waals surface area contributed by atoms with Crippen molar-refractivity contribution >= 4 is 76.1 Å². The van der Waals surface area contributed by atoms with E-state index in [0.29, 0.717) is 37.6 Å². The molecule has 5 aromatic rings. The number of rotatable bonds is 9. The van der Waals surface area contributed by atoms with Gasteiger partial charge in [-0.25, -0.2) is 29.6 Å². The lowest BCUT2D eigenvalue weighted by Crippen LogP contribution is -2.45. The van der Waals surface area contributed by atoms with Crippen LogP contribution in [0.3, 0.4) is 0 Å². The second-order valence-electron chi connectivity index (χ2n) is 21.4. The molecule has 7 rings (SSSR count). The molecule has 4 heterocycles. The highest BCUT2D eigenvalue weighted by Crippen LogP contribution is 2.33. The number of nitrogens with two attached hydrogens (primary N) is 1. The number of nitrogens with zero attached hydrogens (tertiary/aromatic N) is 9. The summed E-state index contributed by atoms with van der Waals surface area (Å²) in [5.74, 6) is -2.92. The van der Waals surface area contributed by atoms with Crippen LogP contribution in [-0.4, -0.2) is 133 Å². The van der Waals surface area contributed by atoms with Crippen LogP contribution in [0.15, 0.2) is 72.8 Å². The summed E-state index contributed by atoms with van der Waals surface area (Å²) in [5.41, 5.74) is 8.76. The summed E-state index contributed by atoms with van der Waals surface area (Å²) < 4.78 is 4.99. The first-order valence-electron chi connectivity index (χ1n) is 24.1. The summed E-state index contributed by atoms with van der Waals surface area (Å²) in [4.78, 5) is 92.9. The minimum atomic E-state index is -0.869. The number of esters is 1. The Morgan fingerprint density at radius 1 is 0.548 bits per heavy atom. The van der Waals surface area contributed by atoms with Gasteiger partial charge in [-0.3, -0.25) is 19.2 Å². The second-order valence-corrected chi connectivity index (χ2v) is 22.1. The maximum absolute atomic E-state index is 14.3. The zero-order valence-electron chi connectivity index (χ0n) is 43.9. The fourth-order valence-electron chi connectivity index (χ4n) is 7.96. The number of ether oxygens (including phenoxy) is 1. The van der Waals surface area contributed by atoms with Crippen LogP contribution in [0.4, 0.5) is 23.3 Å². The number of aromatic nitrogens is 4. The third kappa shape index (κ3) is 13.6. The highest BCUT2D eigenvalue weighted by molar-refractivity contribution is 6.33. The van der Waals surface area contributed by atoms with Crippen LogP contribution in [0.5, 0.6) is 0 Å². The molecule has 4 amide bonds. The van der Waals surface area contributed by atoms with Gasteiger partial charge in [0.2, 0.25) is 0 Å². The smallest absolute Gasteiger partial charge is 0.360 e. The molecule has 0 spiro atoms. The Kier molecular flexibility index (Phi) is 17.4. The number of hydrogen-bond donors (Lipinski definition) is 2. The molecule has 73 heavy (non-hydrogen) atoms. The van der Waals surface area contributed by atoms with E-state index in [1.54, 1.807) is 36.4 Å². The fraction of sp³-hybridized carbons (Fsp3) is 0.426. The van der Waals surface area contributed by atoms with Gasteiger partial charge in [-0.05, 0) is 83.4 Å². The van der Waals surface area contributed by atoms with E-state index in [-0.39, 0.29) is 66.5 Å². The van der Waals surface area contributed by atoms with Gasteiger partial charge in [-0.2, -0.15) is 0 Å². The molecule has 2 aliphatic heterocycles. The third-order valence-corrected chi connectivity index (χ3v) is 13.2. The zero-order valence-corrected chi connectivity index (χ0v) is 45.4. The number of likely N-dealkylation sites (N-methyl/N-ethyl adjacent to an activating group) is 2. The molecule has 0 saturated carbocycles. The number of amides is 4. The van der Waals surface area contributed by atoms with Crippen LogP contribution < -0.4 is 25.8 Å². The molecule has 2 fully saturated rings. The van der Waals surface area contributed by atoms with Crippen molar-refractivity contribution in [3.05, 3.63) is 128 Å². The molecule has 2 saturated heterocycles. The monoisotopic (exact) mass is 1040 g/mol. The molecule has 3 aromatic carbocycles. The Hall–Kier alpha value is -6.53. The molecule has 3 N–H and O–H groups in total. The number of anilines is 4. The minimum absolute atomic E-state index is 0.00530. The van der Waals surface area contributed by atoms with E-state index in [0.717, 1.165) is 47.8 Å². The number of halogens is 2. The van der Waals surface area contributed by atoms with E-state index in [9.17, 15) is 24.0 Å². The standard InChI is InChI=1S/C33H40ClN5O4.C21H27ClN6O2/c1-32(2,3)23-13-9-21(10-14-23)29(40)39(30(41)22-11-15-24(16-12-22)33(4,5)6)27-25(31(42)43-8)35-26(34)28(36-27)38-19-17-37(7)18-20-38;1-21(2,3)14-7-5-13(6-8-14)20(30)26-18-15(17(23)29)24-16(22)19(25-18)28-11-9-27(4)10-12-28/h9-16H,17-20H2,1-8H3;5-8H,9-12H2,1-4H3,(H2,23,29)(H,25,26,30). The minimum Gasteiger partial charge on any atom is -0.464 e. The van der Waals surface area contributed by atoms with Gasteiger partial charge < -0.3 is 35.4 Å². The largest absolute Gasteiger partial charge is 0.464 e. The normalized spacial score (nSPS) is 14.7. The lowest BCUT2D eigenvalue weighted by molar-refractivity contribution is 0.0594. The Balaban J connectivity index is 0.000000254. The van der Waals surface area contributed by atoms with Crippen molar-refractivity contribution in [2.75, 3.05) is 93.6 Å². The van der Waals surface area contributed by atoms with Crippen LogP contribution in [0.25, 0.3) is 0 Å². The number of carbonyl (C=O) groups excluding carboxylic acids is 5. The summed E-state index contributed by atoms with van der Waals surface area (Å²) >= 11 is 12.8. The van der Waals surface area contributed by atoms with Crippen molar-refractivity contribution in [2.45, 2.75) is 78.6 Å². The average Bonchev–Trinajstić information content (AvgIpc) is 3.34. The number of piperazine rings is 2. The Labute approximate surface area is 438 Å². The molecule has 17 nitrogen and oxygen atoms in total. The van der Waals surface area contributed by atoms with Crippen molar-refractivity contribution in [2.24, 2.45) is 5.73 Å². The summed E-state index contributed by atoms with van der Waals surface area (Å²) in [6, 6.07) is 21.4. The number of hydrogen-bond acceptors (Lipinski definition) is 14. The van der Waals surface area contributed by atoms with Gasteiger partial charge in [0.15, 0.2) is 45.0 Å². The van der Waals surface area contributed by atoms with Crippen LogP contribution >= 0.6 is 23.2 Å². The van der Waals surface area contributed by atoms with E-state index < -0.39 is 29.6 Å². The lowest BCUT2D eigenvalue weighted by atomic mass is 9.86. The van der Waals surface area contributed by atoms with Gasteiger partial charge >= 0.3 is 5.97 Å². The summed E-state index contributed by atoms with van der Waals surface area (Å²) in [7, 11) is 5.25. The van der Waals surface area contributed by atoms with E-state index in [2.05, 4.69) is 92.4 Å². The highest BCUT2D eigenvalue weighted by atomic mass is 35.5. The van der Waals surface area contributed by atoms with Gasteiger partial charge in [-0.15, -0.1) is 0 Å². The number of imide groups is 1. The Morgan fingerprint density at radius 3 is 1.26 bits per heavy atom. The van der Waals surface area contributed by atoms with E-state index in [1.165, 1.54) is 7.11 Å². The van der Waals surface area contributed by atoms with Crippen LogP contribution in [0.1, 0.15) is 131 Å². The average molecular weight is 1040 g/mol. The number of nitrogens with one attached hydrogen (secondary N) is 1. The summed E-state index contributed by atoms with van der Waals surface area (Å²) in [5, 5.41) is 2.74. The number of carbonyl (C=O) groups is 5. The highest BCUT2D eigenvalue weighted by Gasteiger charge is 2.35.